The smallest absolute Gasteiger partial charge is 0.195 e. The van der Waals surface area contributed by atoms with Gasteiger partial charge in [-0.15, -0.1) is 11.3 Å². The number of rotatable bonds is 4. The Morgan fingerprint density at radius 1 is 1.17 bits per heavy atom. The number of carbonyl (C=O) groups excluding carboxylic acids is 1. The molecule has 94 valence electrons. The van der Waals surface area contributed by atoms with E-state index in [-0.39, 0.29) is 4.21 Å². The molecule has 0 N–H and O–H groups in total. The molecule has 0 saturated heterocycles. The van der Waals surface area contributed by atoms with Crippen molar-refractivity contribution in [1.82, 2.24) is 0 Å². The Kier molecular flexibility index (Phi) is 3.99. The number of carbonyl (C=O) groups is 1. The van der Waals surface area contributed by atoms with E-state index in [1.54, 1.807) is 35.7 Å². The van der Waals surface area contributed by atoms with Crippen LogP contribution in [0.1, 0.15) is 10.4 Å². The standard InChI is InChI=1S/C12H9BrO3S2/c13-10-5-2-1-4-9(10)11(14)8-18(15,16)12-6-3-7-17-12/h1-7H,8H2. The Morgan fingerprint density at radius 2 is 1.89 bits per heavy atom. The SMILES string of the molecule is O=C(CS(=O)(=O)c1cccs1)c1ccccc1Br. The Labute approximate surface area is 118 Å². The van der Waals surface area contributed by atoms with Crippen molar-refractivity contribution in [3.05, 3.63) is 51.8 Å². The third-order valence-electron chi connectivity index (χ3n) is 2.30. The Balaban J connectivity index is 2.26. The van der Waals surface area contributed by atoms with Crippen LogP contribution in [-0.2, 0) is 9.84 Å². The minimum atomic E-state index is -3.53. The normalized spacial score (nSPS) is 11.4. The second kappa shape index (κ2) is 5.34. The molecule has 18 heavy (non-hydrogen) atoms. The lowest BCUT2D eigenvalue weighted by atomic mass is 10.1. The van der Waals surface area contributed by atoms with Crippen molar-refractivity contribution in [3.8, 4) is 0 Å². The second-order valence-electron chi connectivity index (χ2n) is 3.59. The second-order valence-corrected chi connectivity index (χ2v) is 7.61. The van der Waals surface area contributed by atoms with Gasteiger partial charge in [0.25, 0.3) is 0 Å². The lowest BCUT2D eigenvalue weighted by Crippen LogP contribution is -2.16. The number of Topliss-reactive ketones (excluding diaryl/α,β-unsaturated/α-hetero) is 1. The number of ketones is 1. The summed E-state index contributed by atoms with van der Waals surface area (Å²) in [5.41, 5.74) is 0.387. The van der Waals surface area contributed by atoms with Crippen LogP contribution in [0.15, 0.2) is 50.5 Å². The van der Waals surface area contributed by atoms with Crippen molar-refractivity contribution in [1.29, 1.82) is 0 Å². The zero-order valence-corrected chi connectivity index (χ0v) is 12.4. The lowest BCUT2D eigenvalue weighted by Gasteiger charge is -2.03. The van der Waals surface area contributed by atoms with Gasteiger partial charge >= 0.3 is 0 Å². The quantitative estimate of drug-likeness (QED) is 0.800. The van der Waals surface area contributed by atoms with E-state index < -0.39 is 21.4 Å². The van der Waals surface area contributed by atoms with Crippen LogP contribution in [0.25, 0.3) is 0 Å². The lowest BCUT2D eigenvalue weighted by molar-refractivity contribution is 0.102. The molecule has 0 amide bonds. The van der Waals surface area contributed by atoms with Gasteiger partial charge in [0, 0.05) is 10.0 Å². The highest BCUT2D eigenvalue weighted by molar-refractivity contribution is 9.10. The molecule has 0 saturated carbocycles. The Bertz CT molecular complexity index is 660. The molecule has 6 heteroatoms. The highest BCUT2D eigenvalue weighted by Gasteiger charge is 2.22. The topological polar surface area (TPSA) is 51.2 Å². The molecule has 1 heterocycles. The summed E-state index contributed by atoms with van der Waals surface area (Å²) >= 11 is 4.36. The zero-order valence-electron chi connectivity index (χ0n) is 9.17. The number of hydrogen-bond acceptors (Lipinski definition) is 4. The molecular weight excluding hydrogens is 336 g/mol. The van der Waals surface area contributed by atoms with Crippen LogP contribution in [0.5, 0.6) is 0 Å². The fraction of sp³-hybridized carbons (Fsp3) is 0.0833. The summed E-state index contributed by atoms with van der Waals surface area (Å²) in [5.74, 6) is -0.910. The van der Waals surface area contributed by atoms with Crippen LogP contribution in [0.3, 0.4) is 0 Å². The monoisotopic (exact) mass is 344 g/mol. The van der Waals surface area contributed by atoms with Gasteiger partial charge in [-0.1, -0.05) is 40.2 Å². The Hall–Kier alpha value is -0.980. The van der Waals surface area contributed by atoms with E-state index >= 15 is 0 Å². The van der Waals surface area contributed by atoms with Gasteiger partial charge in [0.1, 0.15) is 9.96 Å². The first-order valence-corrected chi connectivity index (χ1v) is 8.37. The van der Waals surface area contributed by atoms with E-state index in [1.807, 2.05) is 0 Å². The molecule has 0 fully saturated rings. The minimum Gasteiger partial charge on any atom is -0.293 e. The molecule has 0 aliphatic rings. The first-order valence-electron chi connectivity index (χ1n) is 5.05. The van der Waals surface area contributed by atoms with E-state index in [4.69, 9.17) is 0 Å². The molecule has 0 atom stereocenters. The van der Waals surface area contributed by atoms with Crippen molar-refractivity contribution in [3.63, 3.8) is 0 Å². The minimum absolute atomic E-state index is 0.225. The first-order chi connectivity index (χ1) is 8.50. The predicted molar refractivity (Wildman–Crippen MR) is 74.8 cm³/mol. The number of halogens is 1. The van der Waals surface area contributed by atoms with Crippen LogP contribution in [0.2, 0.25) is 0 Å². The van der Waals surface area contributed by atoms with Crippen molar-refractivity contribution in [2.75, 3.05) is 5.75 Å². The summed E-state index contributed by atoms with van der Waals surface area (Å²) in [4.78, 5) is 12.0. The van der Waals surface area contributed by atoms with Crippen LogP contribution in [0.4, 0.5) is 0 Å². The highest BCUT2D eigenvalue weighted by atomic mass is 79.9. The van der Waals surface area contributed by atoms with Crippen molar-refractivity contribution in [2.24, 2.45) is 0 Å². The Morgan fingerprint density at radius 3 is 2.50 bits per heavy atom. The fourth-order valence-corrected chi connectivity index (χ4v) is 4.26. The van der Waals surface area contributed by atoms with Gasteiger partial charge in [-0.05, 0) is 17.5 Å². The number of hydrogen-bond donors (Lipinski definition) is 0. The van der Waals surface area contributed by atoms with E-state index in [9.17, 15) is 13.2 Å². The summed E-state index contributed by atoms with van der Waals surface area (Å²) in [6, 6.07) is 9.96. The van der Waals surface area contributed by atoms with Crippen LogP contribution >= 0.6 is 27.3 Å². The molecule has 0 unspecified atom stereocenters. The number of sulfone groups is 1. The zero-order chi connectivity index (χ0) is 13.2. The van der Waals surface area contributed by atoms with E-state index in [0.29, 0.717) is 10.0 Å². The van der Waals surface area contributed by atoms with Gasteiger partial charge < -0.3 is 0 Å². The van der Waals surface area contributed by atoms with Crippen molar-refractivity contribution < 1.29 is 13.2 Å². The molecule has 0 bridgehead atoms. The van der Waals surface area contributed by atoms with Crippen LogP contribution < -0.4 is 0 Å². The molecule has 0 aliphatic carbocycles. The van der Waals surface area contributed by atoms with Crippen molar-refractivity contribution in [2.45, 2.75) is 4.21 Å². The predicted octanol–water partition coefficient (Wildman–Crippen LogP) is 3.17. The van der Waals surface area contributed by atoms with Gasteiger partial charge in [0.2, 0.25) is 0 Å². The molecule has 3 nitrogen and oxygen atoms in total. The number of benzene rings is 1. The molecule has 1 aromatic carbocycles. The average molecular weight is 345 g/mol. The van der Waals surface area contributed by atoms with E-state index in [1.165, 1.54) is 6.07 Å². The summed E-state index contributed by atoms with van der Waals surface area (Å²) in [7, 11) is -3.53. The number of thiophene rings is 1. The van der Waals surface area contributed by atoms with Gasteiger partial charge in [-0.25, -0.2) is 8.42 Å². The maximum Gasteiger partial charge on any atom is 0.195 e. The van der Waals surface area contributed by atoms with Gasteiger partial charge in [0.15, 0.2) is 15.6 Å². The van der Waals surface area contributed by atoms with Crippen molar-refractivity contribution >= 4 is 42.9 Å². The molecule has 2 rings (SSSR count). The average Bonchev–Trinajstić information content (AvgIpc) is 2.82. The molecular formula is C12H9BrO3S2. The maximum absolute atomic E-state index is 12.0. The highest BCUT2D eigenvalue weighted by Crippen LogP contribution is 2.21. The summed E-state index contributed by atoms with van der Waals surface area (Å²) in [6.45, 7) is 0. The first kappa shape index (κ1) is 13.5. The largest absolute Gasteiger partial charge is 0.293 e. The molecule has 2 aromatic rings. The molecule has 0 radical (unpaired) electrons. The van der Waals surface area contributed by atoms with Crippen LogP contribution in [0, 0.1) is 0 Å². The van der Waals surface area contributed by atoms with Gasteiger partial charge in [0.05, 0.1) is 0 Å². The van der Waals surface area contributed by atoms with Gasteiger partial charge in [-0.3, -0.25) is 4.79 Å². The fourth-order valence-electron chi connectivity index (χ4n) is 1.45. The van der Waals surface area contributed by atoms with Gasteiger partial charge in [-0.2, -0.15) is 0 Å². The summed E-state index contributed by atoms with van der Waals surface area (Å²) < 4.78 is 24.8. The third kappa shape index (κ3) is 2.88. The molecule has 0 spiro atoms. The molecule has 0 aliphatic heterocycles. The summed E-state index contributed by atoms with van der Waals surface area (Å²) in [5, 5.41) is 1.68. The third-order valence-corrected chi connectivity index (χ3v) is 6.09. The maximum atomic E-state index is 12.0. The van der Waals surface area contributed by atoms with E-state index in [2.05, 4.69) is 15.9 Å². The van der Waals surface area contributed by atoms with E-state index in [0.717, 1.165) is 11.3 Å². The summed E-state index contributed by atoms with van der Waals surface area (Å²) in [6.07, 6.45) is 0. The molecule has 1 aromatic heterocycles. The van der Waals surface area contributed by atoms with Crippen LogP contribution in [-0.4, -0.2) is 20.0 Å².